The summed E-state index contributed by atoms with van der Waals surface area (Å²) >= 11 is 6.22. The molecule has 0 nitrogen and oxygen atoms in total. The molecular formula is C16H6Sn4. The number of hydrogen-bond donors (Lipinski definition) is 0. The Balaban J connectivity index is 2.50. The van der Waals surface area contributed by atoms with Crippen molar-refractivity contribution >= 4 is 137 Å². The van der Waals surface area contributed by atoms with Crippen LogP contribution in [-0.4, -0.2) is 90.1 Å². The van der Waals surface area contributed by atoms with Crippen LogP contribution in [0.3, 0.4) is 0 Å². The molecule has 0 saturated heterocycles. The summed E-state index contributed by atoms with van der Waals surface area (Å²) in [4.78, 5) is 0. The predicted octanol–water partition coefficient (Wildman–Crippen LogP) is -0.241. The van der Waals surface area contributed by atoms with Crippen LogP contribution in [0, 0.1) is 0 Å². The van der Waals surface area contributed by atoms with Gasteiger partial charge in [-0.05, 0) is 0 Å². The third-order valence-electron chi connectivity index (χ3n) is 3.92. The summed E-state index contributed by atoms with van der Waals surface area (Å²) in [6.45, 7) is 0. The summed E-state index contributed by atoms with van der Waals surface area (Å²) in [6.07, 6.45) is 0. The summed E-state index contributed by atoms with van der Waals surface area (Å²) < 4.78 is 6.34. The molecule has 4 aromatic rings. The second kappa shape index (κ2) is 5.34. The van der Waals surface area contributed by atoms with E-state index in [1.807, 2.05) is 0 Å². The number of benzene rings is 4. The van der Waals surface area contributed by atoms with E-state index in [0.29, 0.717) is 0 Å². The third-order valence-corrected chi connectivity index (χ3v) is 13.5. The zero-order chi connectivity index (χ0) is 14.0. The molecule has 0 aliphatic heterocycles. The van der Waals surface area contributed by atoms with Crippen molar-refractivity contribution in [1.82, 2.24) is 0 Å². The van der Waals surface area contributed by atoms with Crippen molar-refractivity contribution in [2.75, 3.05) is 0 Å². The molecular weight excluding hydrogens is 667 g/mol. The molecule has 20 heavy (non-hydrogen) atoms. The Morgan fingerprint density at radius 2 is 1.35 bits per heavy atom. The van der Waals surface area contributed by atoms with Gasteiger partial charge in [-0.3, -0.25) is 0 Å². The topological polar surface area (TPSA) is 0 Å². The third kappa shape index (κ3) is 1.99. The van der Waals surface area contributed by atoms with Crippen molar-refractivity contribution in [2.24, 2.45) is 0 Å². The van der Waals surface area contributed by atoms with E-state index in [1.54, 1.807) is 83.7 Å². The molecule has 0 aliphatic rings. The maximum atomic E-state index is 2.41. The zero-order valence-electron chi connectivity index (χ0n) is 10.5. The Morgan fingerprint density at radius 3 is 2.15 bits per heavy atom. The van der Waals surface area contributed by atoms with Crippen LogP contribution in [0.5, 0.6) is 0 Å². The van der Waals surface area contributed by atoms with Crippen molar-refractivity contribution in [2.45, 2.75) is 0 Å². The van der Waals surface area contributed by atoms with Crippen LogP contribution in [0.4, 0.5) is 0 Å². The molecule has 0 amide bonds. The molecule has 0 fully saturated rings. The van der Waals surface area contributed by atoms with Gasteiger partial charge in [-0.1, -0.05) is 0 Å². The first-order chi connectivity index (χ1) is 9.59. The normalized spacial score (nSPS) is 12.0. The maximum absolute atomic E-state index is 2.41. The van der Waals surface area contributed by atoms with Crippen LogP contribution in [0.15, 0.2) is 36.4 Å². The summed E-state index contributed by atoms with van der Waals surface area (Å²) in [7, 11) is 0. The van der Waals surface area contributed by atoms with Crippen LogP contribution in [0.1, 0.15) is 0 Å². The zero-order valence-corrected chi connectivity index (χ0v) is 21.9. The summed E-state index contributed by atoms with van der Waals surface area (Å²) in [6, 6.07) is 13.8. The predicted molar refractivity (Wildman–Crippen MR) is 91.7 cm³/mol. The molecule has 0 N–H and O–H groups in total. The van der Waals surface area contributed by atoms with Gasteiger partial charge in [0, 0.05) is 0 Å². The molecule has 0 aliphatic carbocycles. The Morgan fingerprint density at radius 1 is 0.600 bits per heavy atom. The first-order valence-electron chi connectivity index (χ1n) is 6.23. The molecule has 12 radical (unpaired) electrons. The summed E-state index contributed by atoms with van der Waals surface area (Å²) in [5, 5.41) is 8.89. The first-order valence-corrected chi connectivity index (χ1v) is 11.9. The average molecular weight is 673 g/mol. The standard InChI is InChI=1S/C16H6.4Sn/c1-3-11-7-9-13-5-2-6-14-10-8-12(4-1)15(11)16(13)14;;;;/h1,3-4,7-9H;;;;. The summed E-state index contributed by atoms with van der Waals surface area (Å²) in [5.74, 6) is 0. The Hall–Kier alpha value is 1.11. The molecule has 86 valence electrons. The van der Waals surface area contributed by atoms with Gasteiger partial charge in [0.05, 0.1) is 0 Å². The molecule has 0 aromatic heterocycles. The molecule has 0 atom stereocenters. The molecule has 4 heteroatoms. The van der Waals surface area contributed by atoms with Crippen molar-refractivity contribution < 1.29 is 0 Å². The fourth-order valence-corrected chi connectivity index (χ4v) is 8.99. The van der Waals surface area contributed by atoms with Gasteiger partial charge in [0.1, 0.15) is 0 Å². The van der Waals surface area contributed by atoms with E-state index in [4.69, 9.17) is 0 Å². The van der Waals surface area contributed by atoms with E-state index in [2.05, 4.69) is 36.4 Å². The van der Waals surface area contributed by atoms with Gasteiger partial charge < -0.3 is 0 Å². The molecule has 0 heterocycles. The van der Waals surface area contributed by atoms with Gasteiger partial charge in [0.2, 0.25) is 0 Å². The quantitative estimate of drug-likeness (QED) is 0.179. The van der Waals surface area contributed by atoms with Gasteiger partial charge in [0.25, 0.3) is 0 Å². The minimum absolute atomic E-state index is 1.39. The fourth-order valence-electron chi connectivity index (χ4n) is 3.00. The second-order valence-corrected chi connectivity index (χ2v) is 10.8. The molecule has 4 rings (SSSR count). The Bertz CT molecular complexity index is 988. The van der Waals surface area contributed by atoms with Crippen LogP contribution < -0.4 is 14.3 Å². The van der Waals surface area contributed by atoms with E-state index < -0.39 is 0 Å². The van der Waals surface area contributed by atoms with Gasteiger partial charge in [-0.15, -0.1) is 0 Å². The molecule has 0 saturated carbocycles. The van der Waals surface area contributed by atoms with Crippen LogP contribution >= 0.6 is 0 Å². The minimum atomic E-state index is 1.39. The van der Waals surface area contributed by atoms with Crippen molar-refractivity contribution in [3.63, 3.8) is 0 Å². The number of hydrogen-bond acceptors (Lipinski definition) is 0. The van der Waals surface area contributed by atoms with E-state index >= 15 is 0 Å². The average Bonchev–Trinajstić information content (AvgIpc) is 2.44. The van der Waals surface area contributed by atoms with Crippen LogP contribution in [0.2, 0.25) is 0 Å². The van der Waals surface area contributed by atoms with Crippen LogP contribution in [0.25, 0.3) is 32.3 Å². The van der Waals surface area contributed by atoms with Gasteiger partial charge >= 0.3 is 173 Å². The van der Waals surface area contributed by atoms with E-state index in [1.165, 1.54) is 53.0 Å². The van der Waals surface area contributed by atoms with E-state index in [0.717, 1.165) is 0 Å². The summed E-state index contributed by atoms with van der Waals surface area (Å²) in [5.41, 5.74) is 0. The van der Waals surface area contributed by atoms with E-state index in [-0.39, 0.29) is 0 Å². The monoisotopic (exact) mass is 678 g/mol. The van der Waals surface area contributed by atoms with Crippen LogP contribution in [-0.2, 0) is 0 Å². The number of rotatable bonds is 0. The van der Waals surface area contributed by atoms with Crippen molar-refractivity contribution in [1.29, 1.82) is 0 Å². The SMILES string of the molecule is [Sn][c]1[c]([Sn])c2ccc3cccc4c[c]([Sn])c([c]1[Sn])c2c34. The van der Waals surface area contributed by atoms with Crippen molar-refractivity contribution in [3.8, 4) is 0 Å². The van der Waals surface area contributed by atoms with E-state index in [9.17, 15) is 0 Å². The second-order valence-electron chi connectivity index (χ2n) is 4.99. The molecule has 0 bridgehead atoms. The van der Waals surface area contributed by atoms with Crippen molar-refractivity contribution in [3.05, 3.63) is 36.4 Å². The fraction of sp³-hybridized carbons (Fsp3) is 0. The Kier molecular flexibility index (Phi) is 3.92. The molecule has 0 spiro atoms. The first kappa shape index (κ1) is 14.7. The molecule has 0 unspecified atom stereocenters. The van der Waals surface area contributed by atoms with Gasteiger partial charge in [-0.25, -0.2) is 0 Å². The van der Waals surface area contributed by atoms with Gasteiger partial charge in [-0.2, -0.15) is 0 Å². The van der Waals surface area contributed by atoms with Gasteiger partial charge in [0.15, 0.2) is 0 Å². The Labute approximate surface area is 170 Å². The molecule has 4 aromatic carbocycles.